The summed E-state index contributed by atoms with van der Waals surface area (Å²) in [5.41, 5.74) is 24.6. The van der Waals surface area contributed by atoms with E-state index < -0.39 is 0 Å². The Labute approximate surface area is 368 Å². The Morgan fingerprint density at radius 3 is 0.984 bits per heavy atom. The molecular formula is C60H54N2. The molecule has 0 spiro atoms. The van der Waals surface area contributed by atoms with E-state index in [0.717, 1.165) is 38.5 Å². The molecule has 0 aliphatic heterocycles. The van der Waals surface area contributed by atoms with Crippen molar-refractivity contribution in [3.05, 3.63) is 238 Å². The van der Waals surface area contributed by atoms with E-state index in [9.17, 15) is 0 Å². The Morgan fingerprint density at radius 2 is 0.597 bits per heavy atom. The van der Waals surface area contributed by atoms with Crippen molar-refractivity contribution in [3.63, 3.8) is 0 Å². The molecule has 0 radical (unpaired) electrons. The van der Waals surface area contributed by atoms with Gasteiger partial charge in [0.15, 0.2) is 0 Å². The predicted molar refractivity (Wildman–Crippen MR) is 260 cm³/mol. The monoisotopic (exact) mass is 802 g/mol. The highest BCUT2D eigenvalue weighted by molar-refractivity contribution is 5.84. The number of rotatable bonds is 14. The quantitative estimate of drug-likeness (QED) is 0.108. The normalized spacial score (nSPS) is 13.2. The van der Waals surface area contributed by atoms with Gasteiger partial charge in [-0.05, 0) is 217 Å². The van der Waals surface area contributed by atoms with Gasteiger partial charge in [0, 0.05) is 34.1 Å². The fourth-order valence-corrected chi connectivity index (χ4v) is 10.1. The molecule has 304 valence electrons. The molecule has 3 aliphatic rings. The molecule has 2 heteroatoms. The maximum Gasteiger partial charge on any atom is 0.0464 e. The van der Waals surface area contributed by atoms with Crippen molar-refractivity contribution in [3.8, 4) is 11.1 Å². The van der Waals surface area contributed by atoms with Gasteiger partial charge in [0.1, 0.15) is 0 Å². The molecule has 8 aromatic rings. The number of fused-ring (bicyclic) bond motifs is 5. The summed E-state index contributed by atoms with van der Waals surface area (Å²) in [6.07, 6.45) is 13.8. The van der Waals surface area contributed by atoms with Crippen molar-refractivity contribution >= 4 is 34.1 Å². The smallest absolute Gasteiger partial charge is 0.0464 e. The molecule has 0 bridgehead atoms. The lowest BCUT2D eigenvalue weighted by Crippen LogP contribution is -2.13. The summed E-state index contributed by atoms with van der Waals surface area (Å²) in [5.74, 6) is 0. The van der Waals surface area contributed by atoms with Gasteiger partial charge in [0.25, 0.3) is 0 Å². The van der Waals surface area contributed by atoms with Gasteiger partial charge < -0.3 is 9.80 Å². The Balaban J connectivity index is 0.816. The second-order valence-electron chi connectivity index (χ2n) is 17.8. The summed E-state index contributed by atoms with van der Waals surface area (Å²) >= 11 is 0. The van der Waals surface area contributed by atoms with Gasteiger partial charge in [-0.2, -0.15) is 0 Å². The highest BCUT2D eigenvalue weighted by Crippen LogP contribution is 2.43. The molecular weight excluding hydrogens is 749 g/mol. The first-order chi connectivity index (χ1) is 30.7. The molecule has 0 heterocycles. The summed E-state index contributed by atoms with van der Waals surface area (Å²) in [6.45, 7) is 0. The summed E-state index contributed by atoms with van der Waals surface area (Å²) in [5, 5.41) is 0. The van der Waals surface area contributed by atoms with Crippen molar-refractivity contribution in [1.82, 2.24) is 0 Å². The molecule has 0 N–H and O–H groups in total. The van der Waals surface area contributed by atoms with Crippen LogP contribution in [-0.4, -0.2) is 0 Å². The van der Waals surface area contributed by atoms with Gasteiger partial charge in [-0.3, -0.25) is 0 Å². The molecule has 2 nitrogen and oxygen atoms in total. The van der Waals surface area contributed by atoms with Crippen LogP contribution < -0.4 is 9.80 Å². The molecule has 3 aliphatic carbocycles. The van der Waals surface area contributed by atoms with Gasteiger partial charge in [-0.15, -0.1) is 0 Å². The molecule has 0 saturated heterocycles. The van der Waals surface area contributed by atoms with Crippen molar-refractivity contribution in [2.24, 2.45) is 0 Å². The predicted octanol–water partition coefficient (Wildman–Crippen LogP) is 14.9. The number of anilines is 6. The van der Waals surface area contributed by atoms with Gasteiger partial charge >= 0.3 is 0 Å². The van der Waals surface area contributed by atoms with Crippen LogP contribution in [0.5, 0.6) is 0 Å². The maximum absolute atomic E-state index is 2.44. The minimum atomic E-state index is 1.01. The second-order valence-corrected chi connectivity index (χ2v) is 17.8. The van der Waals surface area contributed by atoms with E-state index in [0.29, 0.717) is 0 Å². The van der Waals surface area contributed by atoms with E-state index in [2.05, 4.69) is 192 Å². The van der Waals surface area contributed by atoms with E-state index in [4.69, 9.17) is 0 Å². The van der Waals surface area contributed by atoms with Crippen LogP contribution in [0.25, 0.3) is 11.1 Å². The lowest BCUT2D eigenvalue weighted by Gasteiger charge is -2.29. The Bertz CT molecular complexity index is 2640. The Morgan fingerprint density at radius 1 is 0.258 bits per heavy atom. The Hall–Kier alpha value is -6.64. The average Bonchev–Trinajstić information content (AvgIpc) is 3.30. The van der Waals surface area contributed by atoms with Crippen LogP contribution in [0.2, 0.25) is 0 Å². The molecule has 0 unspecified atom stereocenters. The number of nitrogens with zero attached hydrogens (tertiary/aromatic N) is 2. The number of hydrogen-bond donors (Lipinski definition) is 0. The second kappa shape index (κ2) is 17.0. The first kappa shape index (κ1) is 38.3. The first-order valence-corrected chi connectivity index (χ1v) is 23.0. The minimum absolute atomic E-state index is 1.01. The molecule has 62 heavy (non-hydrogen) atoms. The molecule has 0 aromatic heterocycles. The van der Waals surface area contributed by atoms with E-state index in [1.807, 2.05) is 0 Å². The largest absolute Gasteiger partial charge is 0.310 e. The van der Waals surface area contributed by atoms with E-state index in [1.54, 1.807) is 22.3 Å². The van der Waals surface area contributed by atoms with Crippen LogP contribution in [0.4, 0.5) is 34.1 Å². The van der Waals surface area contributed by atoms with Crippen molar-refractivity contribution in [1.29, 1.82) is 0 Å². The topological polar surface area (TPSA) is 6.48 Å². The number of aryl methyl sites for hydroxylation is 10. The molecule has 0 amide bonds. The highest BCUT2D eigenvalue weighted by atomic mass is 15.1. The SMILES string of the molecule is c1ccc(N(c2ccc(CCCc3ccc4c(c3)CC4)cc2)c2ccc3c(c2)CCc2cc(N(c4ccccc4)c4ccc(CCCc5ccc6c(c5)CC6)cc4)ccc2-3)cc1. The van der Waals surface area contributed by atoms with Crippen LogP contribution in [0.3, 0.4) is 0 Å². The zero-order chi connectivity index (χ0) is 41.2. The zero-order valence-corrected chi connectivity index (χ0v) is 35.7. The third-order valence-electron chi connectivity index (χ3n) is 13.8. The zero-order valence-electron chi connectivity index (χ0n) is 35.7. The lowest BCUT2D eigenvalue weighted by atomic mass is 9.85. The van der Waals surface area contributed by atoms with Crippen molar-refractivity contribution in [2.75, 3.05) is 9.80 Å². The van der Waals surface area contributed by atoms with Crippen LogP contribution in [0.15, 0.2) is 182 Å². The maximum atomic E-state index is 2.44. The third-order valence-corrected chi connectivity index (χ3v) is 13.8. The van der Waals surface area contributed by atoms with Gasteiger partial charge in [-0.1, -0.05) is 109 Å². The third kappa shape index (κ3) is 7.87. The van der Waals surface area contributed by atoms with Gasteiger partial charge in [0.05, 0.1) is 0 Å². The first-order valence-electron chi connectivity index (χ1n) is 23.0. The summed E-state index contributed by atoms with van der Waals surface area (Å²) < 4.78 is 0. The van der Waals surface area contributed by atoms with Gasteiger partial charge in [0.2, 0.25) is 0 Å². The molecule has 8 aromatic carbocycles. The summed E-state index contributed by atoms with van der Waals surface area (Å²) in [6, 6.07) is 68.7. The molecule has 0 atom stereocenters. The highest BCUT2D eigenvalue weighted by Gasteiger charge is 2.22. The van der Waals surface area contributed by atoms with Crippen LogP contribution in [0.1, 0.15) is 68.5 Å². The van der Waals surface area contributed by atoms with Crippen LogP contribution >= 0.6 is 0 Å². The number of hydrogen-bond acceptors (Lipinski definition) is 2. The van der Waals surface area contributed by atoms with Crippen LogP contribution in [-0.2, 0) is 64.2 Å². The van der Waals surface area contributed by atoms with E-state index in [1.165, 1.54) is 117 Å². The molecule has 11 rings (SSSR count). The fraction of sp³-hybridized carbons (Fsp3) is 0.200. The fourth-order valence-electron chi connectivity index (χ4n) is 10.1. The standard InChI is InChI=1S/C60H54N2/c1-3-13-53(14-4-1)61(55-31-19-43(20-32-55)9-7-11-45-17-23-47-25-27-49(47)39-45)57-35-37-59-51(41-57)29-30-52-42-58(36-38-60(52)59)62(54-15-5-2-6-16-54)56-33-21-44(22-34-56)10-8-12-46-18-24-48-26-28-50(48)40-46/h1-6,13-24,31-42H,7-12,25-30H2. The van der Waals surface area contributed by atoms with Crippen molar-refractivity contribution < 1.29 is 0 Å². The summed E-state index contributed by atoms with van der Waals surface area (Å²) in [4.78, 5) is 4.83. The van der Waals surface area contributed by atoms with Gasteiger partial charge in [-0.25, -0.2) is 0 Å². The summed E-state index contributed by atoms with van der Waals surface area (Å²) in [7, 11) is 0. The average molecular weight is 803 g/mol. The van der Waals surface area contributed by atoms with E-state index in [-0.39, 0.29) is 0 Å². The minimum Gasteiger partial charge on any atom is -0.310 e. The Kier molecular flexibility index (Phi) is 10.5. The molecule has 0 fully saturated rings. The van der Waals surface area contributed by atoms with E-state index >= 15 is 0 Å². The van der Waals surface area contributed by atoms with Crippen molar-refractivity contribution in [2.45, 2.75) is 77.0 Å². The number of para-hydroxylation sites is 2. The molecule has 0 saturated carbocycles. The number of benzene rings is 8. The van der Waals surface area contributed by atoms with Crippen LogP contribution in [0, 0.1) is 0 Å². The lowest BCUT2D eigenvalue weighted by molar-refractivity contribution is 0.798.